The molecule has 0 radical (unpaired) electrons. The second-order valence-electron chi connectivity index (χ2n) is 4.05. The molecule has 0 spiro atoms. The third-order valence-electron chi connectivity index (χ3n) is 2.80. The summed E-state index contributed by atoms with van der Waals surface area (Å²) in [4.78, 5) is 11.5. The van der Waals surface area contributed by atoms with E-state index in [9.17, 15) is 0 Å². The van der Waals surface area contributed by atoms with Gasteiger partial charge in [-0.05, 0) is 36.8 Å². The van der Waals surface area contributed by atoms with Gasteiger partial charge in [0.25, 0.3) is 0 Å². The Kier molecular flexibility index (Phi) is 2.76. The van der Waals surface area contributed by atoms with Crippen molar-refractivity contribution < 1.29 is 0 Å². The normalized spacial score (nSPS) is 10.8. The van der Waals surface area contributed by atoms with Crippen molar-refractivity contribution in [2.45, 2.75) is 6.92 Å². The molecule has 2 N–H and O–H groups in total. The highest BCUT2D eigenvalue weighted by molar-refractivity contribution is 9.10. The van der Waals surface area contributed by atoms with E-state index in [0.29, 0.717) is 0 Å². The Morgan fingerprint density at radius 1 is 1.22 bits per heavy atom. The highest BCUT2D eigenvalue weighted by Gasteiger charge is 2.06. The maximum Gasteiger partial charge on any atom is 0.143 e. The number of hydrogen-bond acceptors (Lipinski definition) is 3. The lowest BCUT2D eigenvalue weighted by Crippen LogP contribution is -1.96. The number of rotatable bonds is 2. The van der Waals surface area contributed by atoms with Crippen LogP contribution in [0.15, 0.2) is 41.3 Å². The monoisotopic (exact) mass is 302 g/mol. The van der Waals surface area contributed by atoms with Crippen LogP contribution in [0, 0.1) is 6.92 Å². The summed E-state index contributed by atoms with van der Waals surface area (Å²) in [5.41, 5.74) is 3.04. The van der Waals surface area contributed by atoms with Gasteiger partial charge in [-0.2, -0.15) is 0 Å². The smallest absolute Gasteiger partial charge is 0.143 e. The van der Waals surface area contributed by atoms with Gasteiger partial charge >= 0.3 is 0 Å². The standard InChI is InChI=1S/C13H11BrN4/c1-8-6-9(14)2-3-11(8)18-13-10-4-5-15-12(10)16-7-17-13/h2-7H,1H3,(H2,15,16,17,18). The molecule has 0 bridgehead atoms. The first-order valence-electron chi connectivity index (χ1n) is 5.55. The second-order valence-corrected chi connectivity index (χ2v) is 4.96. The third kappa shape index (κ3) is 1.97. The Hall–Kier alpha value is -1.88. The van der Waals surface area contributed by atoms with Crippen LogP contribution < -0.4 is 5.32 Å². The number of benzene rings is 1. The molecule has 18 heavy (non-hydrogen) atoms. The van der Waals surface area contributed by atoms with Crippen molar-refractivity contribution in [3.63, 3.8) is 0 Å². The Balaban J connectivity index is 2.03. The Bertz CT molecular complexity index is 705. The van der Waals surface area contributed by atoms with Crippen LogP contribution in [-0.4, -0.2) is 15.0 Å². The summed E-state index contributed by atoms with van der Waals surface area (Å²) < 4.78 is 1.07. The fourth-order valence-electron chi connectivity index (χ4n) is 1.87. The van der Waals surface area contributed by atoms with Crippen LogP contribution >= 0.6 is 15.9 Å². The number of aromatic amines is 1. The number of aromatic nitrogens is 3. The lowest BCUT2D eigenvalue weighted by Gasteiger charge is -2.09. The van der Waals surface area contributed by atoms with E-state index in [0.717, 1.165) is 32.6 Å². The average Bonchev–Trinajstić information content (AvgIpc) is 2.82. The van der Waals surface area contributed by atoms with Crippen LogP contribution in [0.5, 0.6) is 0 Å². The number of nitrogens with one attached hydrogen (secondary N) is 2. The van der Waals surface area contributed by atoms with Gasteiger partial charge in [0.2, 0.25) is 0 Å². The predicted octanol–water partition coefficient (Wildman–Crippen LogP) is 3.77. The molecule has 0 atom stereocenters. The molecule has 1 aromatic carbocycles. The summed E-state index contributed by atoms with van der Waals surface area (Å²) in [5, 5.41) is 4.32. The molecule has 0 aliphatic heterocycles. The fourth-order valence-corrected chi connectivity index (χ4v) is 2.34. The zero-order chi connectivity index (χ0) is 12.5. The van der Waals surface area contributed by atoms with Crippen molar-refractivity contribution >= 4 is 38.5 Å². The summed E-state index contributed by atoms with van der Waals surface area (Å²) in [6, 6.07) is 8.06. The summed E-state index contributed by atoms with van der Waals surface area (Å²) in [5.74, 6) is 0.812. The summed E-state index contributed by atoms with van der Waals surface area (Å²) in [6.45, 7) is 2.06. The molecule has 0 aliphatic rings. The van der Waals surface area contributed by atoms with E-state index in [-0.39, 0.29) is 0 Å². The highest BCUT2D eigenvalue weighted by atomic mass is 79.9. The van der Waals surface area contributed by atoms with E-state index in [1.807, 2.05) is 24.4 Å². The molecule has 0 unspecified atom stereocenters. The molecule has 2 aromatic heterocycles. The molecular formula is C13H11BrN4. The van der Waals surface area contributed by atoms with Crippen molar-refractivity contribution in [3.05, 3.63) is 46.8 Å². The van der Waals surface area contributed by atoms with Crippen molar-refractivity contribution in [2.24, 2.45) is 0 Å². The lowest BCUT2D eigenvalue weighted by molar-refractivity contribution is 1.20. The van der Waals surface area contributed by atoms with Gasteiger partial charge in [-0.25, -0.2) is 9.97 Å². The average molecular weight is 303 g/mol. The second kappa shape index (κ2) is 4.42. The first-order chi connectivity index (χ1) is 8.74. The van der Waals surface area contributed by atoms with Crippen molar-refractivity contribution in [1.29, 1.82) is 0 Å². The van der Waals surface area contributed by atoms with Crippen LogP contribution in [0.4, 0.5) is 11.5 Å². The van der Waals surface area contributed by atoms with Crippen LogP contribution in [0.25, 0.3) is 11.0 Å². The Morgan fingerprint density at radius 3 is 2.94 bits per heavy atom. The molecule has 0 fully saturated rings. The van der Waals surface area contributed by atoms with E-state index in [2.05, 4.69) is 49.2 Å². The maximum atomic E-state index is 4.28. The van der Waals surface area contributed by atoms with E-state index in [1.54, 1.807) is 6.33 Å². The van der Waals surface area contributed by atoms with Crippen LogP contribution in [-0.2, 0) is 0 Å². The highest BCUT2D eigenvalue weighted by Crippen LogP contribution is 2.26. The van der Waals surface area contributed by atoms with Crippen molar-refractivity contribution in [1.82, 2.24) is 15.0 Å². The van der Waals surface area contributed by atoms with E-state index in [1.165, 1.54) is 0 Å². The van der Waals surface area contributed by atoms with Gasteiger partial charge in [-0.3, -0.25) is 0 Å². The van der Waals surface area contributed by atoms with Gasteiger partial charge in [0, 0.05) is 16.4 Å². The predicted molar refractivity (Wildman–Crippen MR) is 76.1 cm³/mol. The van der Waals surface area contributed by atoms with E-state index >= 15 is 0 Å². The number of aryl methyl sites for hydroxylation is 1. The van der Waals surface area contributed by atoms with Gasteiger partial charge in [-0.15, -0.1) is 0 Å². The van der Waals surface area contributed by atoms with Gasteiger partial charge in [-0.1, -0.05) is 15.9 Å². The molecule has 0 saturated carbocycles. The molecule has 4 nitrogen and oxygen atoms in total. The van der Waals surface area contributed by atoms with Crippen LogP contribution in [0.2, 0.25) is 0 Å². The number of nitrogens with zero attached hydrogens (tertiary/aromatic N) is 2. The summed E-state index contributed by atoms with van der Waals surface area (Å²) in [7, 11) is 0. The van der Waals surface area contributed by atoms with E-state index in [4.69, 9.17) is 0 Å². The Morgan fingerprint density at radius 2 is 2.11 bits per heavy atom. The topological polar surface area (TPSA) is 53.6 Å². The molecule has 0 amide bonds. The number of halogens is 1. The molecular weight excluding hydrogens is 292 g/mol. The molecule has 3 rings (SSSR count). The Labute approximate surface area is 113 Å². The number of H-pyrrole nitrogens is 1. The number of fused-ring (bicyclic) bond motifs is 1. The molecule has 0 saturated heterocycles. The molecule has 3 aromatic rings. The molecule has 0 aliphatic carbocycles. The SMILES string of the molecule is Cc1cc(Br)ccc1Nc1ncnc2[nH]ccc12. The summed E-state index contributed by atoms with van der Waals surface area (Å²) >= 11 is 3.46. The minimum atomic E-state index is 0.812. The van der Waals surface area contributed by atoms with Crippen LogP contribution in [0.3, 0.4) is 0 Å². The van der Waals surface area contributed by atoms with Crippen LogP contribution in [0.1, 0.15) is 5.56 Å². The molecule has 5 heteroatoms. The van der Waals surface area contributed by atoms with Gasteiger partial charge in [0.1, 0.15) is 17.8 Å². The minimum absolute atomic E-state index is 0.812. The quantitative estimate of drug-likeness (QED) is 0.757. The first-order valence-corrected chi connectivity index (χ1v) is 6.34. The minimum Gasteiger partial charge on any atom is -0.346 e. The van der Waals surface area contributed by atoms with E-state index < -0.39 is 0 Å². The van der Waals surface area contributed by atoms with Crippen molar-refractivity contribution in [3.8, 4) is 0 Å². The molecule has 90 valence electrons. The lowest BCUT2D eigenvalue weighted by atomic mass is 10.2. The van der Waals surface area contributed by atoms with Gasteiger partial charge < -0.3 is 10.3 Å². The van der Waals surface area contributed by atoms with Gasteiger partial charge in [0.15, 0.2) is 0 Å². The first kappa shape index (κ1) is 11.2. The number of anilines is 2. The maximum absolute atomic E-state index is 4.28. The summed E-state index contributed by atoms with van der Waals surface area (Å²) in [6.07, 6.45) is 3.41. The van der Waals surface area contributed by atoms with Crippen molar-refractivity contribution in [2.75, 3.05) is 5.32 Å². The third-order valence-corrected chi connectivity index (χ3v) is 3.29. The largest absolute Gasteiger partial charge is 0.346 e. The fraction of sp³-hybridized carbons (Fsp3) is 0.0769. The zero-order valence-electron chi connectivity index (χ0n) is 9.74. The van der Waals surface area contributed by atoms with Gasteiger partial charge in [0.05, 0.1) is 5.39 Å². The molecule has 2 heterocycles. The zero-order valence-corrected chi connectivity index (χ0v) is 11.3. The number of hydrogen-bond donors (Lipinski definition) is 2.